The number of nitrogens with one attached hydrogen (secondary N) is 2. The summed E-state index contributed by atoms with van der Waals surface area (Å²) in [5.74, 6) is -1.00. The Balaban J connectivity index is 1.73. The fraction of sp³-hybridized carbons (Fsp3) is 0.333. The molecule has 0 saturated carbocycles. The van der Waals surface area contributed by atoms with Crippen molar-refractivity contribution in [2.24, 2.45) is 0 Å². The minimum Gasteiger partial charge on any atom is -0.377 e. The number of nitro groups is 1. The molecule has 9 heteroatoms. The normalized spacial score (nSPS) is 12.8. The van der Waals surface area contributed by atoms with Gasteiger partial charge in [-0.15, -0.1) is 11.3 Å². The Bertz CT molecular complexity index is 883. The largest absolute Gasteiger partial charge is 0.377 e. The molecule has 0 fully saturated rings. The second kappa shape index (κ2) is 7.75. The fourth-order valence-corrected chi connectivity index (χ4v) is 4.20. The molecule has 142 valence electrons. The standard InChI is InChI=1S/C18H20N4O4S/c1-21(2)14-8-7-12(22(25)26)10-13(14)17(23)19-20-18(24)16-9-11-5-3-4-6-15(11)27-16/h7-10H,3-6H2,1-2H3,(H,19,23)(H,20,24). The Labute approximate surface area is 160 Å². The first kappa shape index (κ1) is 18.8. The molecule has 1 aliphatic carbocycles. The van der Waals surface area contributed by atoms with Crippen LogP contribution >= 0.6 is 11.3 Å². The molecule has 0 spiro atoms. The zero-order valence-corrected chi connectivity index (χ0v) is 15.9. The maximum atomic E-state index is 12.5. The van der Waals surface area contributed by atoms with Crippen LogP contribution in [0.4, 0.5) is 11.4 Å². The number of carbonyl (C=O) groups is 2. The number of benzene rings is 1. The van der Waals surface area contributed by atoms with Crippen LogP contribution in [-0.4, -0.2) is 30.8 Å². The molecule has 3 rings (SSSR count). The van der Waals surface area contributed by atoms with Crippen molar-refractivity contribution in [1.29, 1.82) is 0 Å². The summed E-state index contributed by atoms with van der Waals surface area (Å²) >= 11 is 1.44. The summed E-state index contributed by atoms with van der Waals surface area (Å²) in [6.07, 6.45) is 4.22. The second-order valence-electron chi connectivity index (χ2n) is 6.53. The van der Waals surface area contributed by atoms with Gasteiger partial charge in [-0.2, -0.15) is 0 Å². The van der Waals surface area contributed by atoms with Crippen molar-refractivity contribution in [3.05, 3.63) is 55.3 Å². The van der Waals surface area contributed by atoms with Gasteiger partial charge in [-0.3, -0.25) is 30.6 Å². The number of thiophene rings is 1. The molecule has 1 heterocycles. The van der Waals surface area contributed by atoms with Crippen LogP contribution in [0.2, 0.25) is 0 Å². The zero-order valence-electron chi connectivity index (χ0n) is 15.1. The van der Waals surface area contributed by atoms with Crippen LogP contribution in [0.25, 0.3) is 0 Å². The van der Waals surface area contributed by atoms with Crippen molar-refractivity contribution in [3.63, 3.8) is 0 Å². The predicted octanol–water partition coefficient (Wildman–Crippen LogP) is 2.68. The first-order valence-electron chi connectivity index (χ1n) is 8.55. The summed E-state index contributed by atoms with van der Waals surface area (Å²) < 4.78 is 0. The van der Waals surface area contributed by atoms with E-state index in [9.17, 15) is 19.7 Å². The van der Waals surface area contributed by atoms with E-state index in [2.05, 4.69) is 10.9 Å². The van der Waals surface area contributed by atoms with Gasteiger partial charge in [0.15, 0.2) is 0 Å². The van der Waals surface area contributed by atoms with Crippen LogP contribution in [0.15, 0.2) is 24.3 Å². The summed E-state index contributed by atoms with van der Waals surface area (Å²) in [5.41, 5.74) is 6.40. The second-order valence-corrected chi connectivity index (χ2v) is 7.66. The number of anilines is 1. The monoisotopic (exact) mass is 388 g/mol. The van der Waals surface area contributed by atoms with Gasteiger partial charge in [0.05, 0.1) is 15.4 Å². The number of rotatable bonds is 4. The van der Waals surface area contributed by atoms with E-state index < -0.39 is 10.8 Å². The topological polar surface area (TPSA) is 105 Å². The van der Waals surface area contributed by atoms with Crippen molar-refractivity contribution >= 4 is 34.5 Å². The van der Waals surface area contributed by atoms with Crippen LogP contribution in [0.5, 0.6) is 0 Å². The third-order valence-corrected chi connectivity index (χ3v) is 5.66. The molecule has 8 nitrogen and oxygen atoms in total. The maximum absolute atomic E-state index is 12.5. The molecule has 0 unspecified atom stereocenters. The molecule has 1 aromatic carbocycles. The highest BCUT2D eigenvalue weighted by molar-refractivity contribution is 7.14. The lowest BCUT2D eigenvalue weighted by molar-refractivity contribution is -0.384. The number of aryl methyl sites for hydroxylation is 2. The summed E-state index contributed by atoms with van der Waals surface area (Å²) in [5, 5.41) is 11.0. The molecule has 0 bridgehead atoms. The van der Waals surface area contributed by atoms with Gasteiger partial charge in [-0.1, -0.05) is 0 Å². The van der Waals surface area contributed by atoms with Gasteiger partial charge in [0.25, 0.3) is 17.5 Å². The third kappa shape index (κ3) is 4.08. The molecular formula is C18H20N4O4S. The zero-order chi connectivity index (χ0) is 19.6. The van der Waals surface area contributed by atoms with Crippen molar-refractivity contribution in [1.82, 2.24) is 10.9 Å². The number of non-ortho nitro benzene ring substituents is 1. The van der Waals surface area contributed by atoms with E-state index in [0.717, 1.165) is 25.7 Å². The maximum Gasteiger partial charge on any atom is 0.279 e. The molecule has 27 heavy (non-hydrogen) atoms. The number of hydrogen-bond acceptors (Lipinski definition) is 6. The first-order valence-corrected chi connectivity index (χ1v) is 9.36. The number of amides is 2. The lowest BCUT2D eigenvalue weighted by Gasteiger charge is -2.17. The van der Waals surface area contributed by atoms with E-state index in [-0.39, 0.29) is 17.2 Å². The molecule has 0 atom stereocenters. The van der Waals surface area contributed by atoms with Gasteiger partial charge >= 0.3 is 0 Å². The van der Waals surface area contributed by atoms with Gasteiger partial charge < -0.3 is 4.90 Å². The minimum atomic E-state index is -0.614. The molecule has 0 aliphatic heterocycles. The lowest BCUT2D eigenvalue weighted by atomic mass is 9.99. The fourth-order valence-electron chi connectivity index (χ4n) is 3.05. The highest BCUT2D eigenvalue weighted by Crippen LogP contribution is 2.29. The average Bonchev–Trinajstić information content (AvgIpc) is 3.09. The third-order valence-electron chi connectivity index (χ3n) is 4.43. The number of hydrazine groups is 1. The number of fused-ring (bicyclic) bond motifs is 1. The minimum absolute atomic E-state index is 0.111. The van der Waals surface area contributed by atoms with Crippen molar-refractivity contribution in [2.45, 2.75) is 25.7 Å². The van der Waals surface area contributed by atoms with Crippen molar-refractivity contribution in [2.75, 3.05) is 19.0 Å². The van der Waals surface area contributed by atoms with E-state index in [1.807, 2.05) is 6.07 Å². The molecule has 0 radical (unpaired) electrons. The highest BCUT2D eigenvalue weighted by Gasteiger charge is 2.20. The summed E-state index contributed by atoms with van der Waals surface area (Å²) in [7, 11) is 3.46. The average molecular weight is 388 g/mol. The van der Waals surface area contributed by atoms with E-state index in [1.165, 1.54) is 40.0 Å². The Morgan fingerprint density at radius 1 is 1.11 bits per heavy atom. The molecule has 2 amide bonds. The number of nitro benzene ring substituents is 1. The van der Waals surface area contributed by atoms with Crippen molar-refractivity contribution in [3.8, 4) is 0 Å². The summed E-state index contributed by atoms with van der Waals surface area (Å²) in [6, 6.07) is 5.91. The van der Waals surface area contributed by atoms with Crippen molar-refractivity contribution < 1.29 is 14.5 Å². The van der Waals surface area contributed by atoms with E-state index in [4.69, 9.17) is 0 Å². The Hall–Kier alpha value is -2.94. The summed E-state index contributed by atoms with van der Waals surface area (Å²) in [6.45, 7) is 0. The summed E-state index contributed by atoms with van der Waals surface area (Å²) in [4.78, 5) is 38.7. The van der Waals surface area contributed by atoms with Crippen LogP contribution in [0, 0.1) is 10.1 Å². The van der Waals surface area contributed by atoms with Crippen LogP contribution in [0.1, 0.15) is 43.3 Å². The van der Waals surface area contributed by atoms with E-state index in [0.29, 0.717) is 10.6 Å². The van der Waals surface area contributed by atoms with Gasteiger partial charge in [-0.25, -0.2) is 0 Å². The Kier molecular flexibility index (Phi) is 5.41. The van der Waals surface area contributed by atoms with E-state index >= 15 is 0 Å². The first-order chi connectivity index (χ1) is 12.9. The predicted molar refractivity (Wildman–Crippen MR) is 103 cm³/mol. The Morgan fingerprint density at radius 3 is 2.48 bits per heavy atom. The molecule has 1 aliphatic rings. The SMILES string of the molecule is CN(C)c1ccc([N+](=O)[O-])cc1C(=O)NNC(=O)c1cc2c(s1)CCCC2. The highest BCUT2D eigenvalue weighted by atomic mass is 32.1. The number of carbonyl (C=O) groups excluding carboxylic acids is 2. The van der Waals surface area contributed by atoms with Gasteiger partial charge in [-0.05, 0) is 43.4 Å². The van der Waals surface area contributed by atoms with Crippen LogP contribution in [0.3, 0.4) is 0 Å². The number of nitrogens with zero attached hydrogens (tertiary/aromatic N) is 2. The molecule has 2 N–H and O–H groups in total. The number of hydrogen-bond donors (Lipinski definition) is 2. The Morgan fingerprint density at radius 2 is 1.81 bits per heavy atom. The lowest BCUT2D eigenvalue weighted by Crippen LogP contribution is -2.41. The smallest absolute Gasteiger partial charge is 0.279 e. The van der Waals surface area contributed by atoms with E-state index in [1.54, 1.807) is 19.0 Å². The molecule has 2 aromatic rings. The van der Waals surface area contributed by atoms with Gasteiger partial charge in [0.2, 0.25) is 0 Å². The molecule has 1 aromatic heterocycles. The molecule has 0 saturated heterocycles. The van der Waals surface area contributed by atoms with Crippen LogP contribution in [-0.2, 0) is 12.8 Å². The molecular weight excluding hydrogens is 368 g/mol. The van der Waals surface area contributed by atoms with Crippen LogP contribution < -0.4 is 15.8 Å². The van der Waals surface area contributed by atoms with Gasteiger partial charge in [0.1, 0.15) is 0 Å². The van der Waals surface area contributed by atoms with Gasteiger partial charge in [0, 0.05) is 36.8 Å². The quantitative estimate of drug-likeness (QED) is 0.619.